The maximum absolute atomic E-state index is 2.23. The van der Waals surface area contributed by atoms with Crippen LogP contribution in [0, 0.1) is 0 Å². The minimum atomic E-state index is 0. The average molecular weight is 705 g/mol. The van der Waals surface area contributed by atoms with Crippen LogP contribution in [0.2, 0.25) is 0 Å². The maximum Gasteiger partial charge on any atom is -0.00763 e. The van der Waals surface area contributed by atoms with Gasteiger partial charge in [0, 0.05) is 0 Å². The molecule has 0 spiro atoms. The van der Waals surface area contributed by atoms with Crippen LogP contribution in [0.4, 0.5) is 0 Å². The summed E-state index contributed by atoms with van der Waals surface area (Å²) < 4.78 is 0. The highest BCUT2D eigenvalue weighted by atomic mass is 32.1. The minimum absolute atomic E-state index is 0. The third-order valence-electron chi connectivity index (χ3n) is 10.2. The fourth-order valence-corrected chi connectivity index (χ4v) is 7.83. The third kappa shape index (κ3) is 6.41. The summed E-state index contributed by atoms with van der Waals surface area (Å²) in [5, 5.41) is 5.60. The summed E-state index contributed by atoms with van der Waals surface area (Å²) in [6.45, 7) is 0. The van der Waals surface area contributed by atoms with Crippen molar-refractivity contribution in [3.05, 3.63) is 204 Å². The zero-order valence-corrected chi connectivity index (χ0v) is 30.9. The first-order valence-electron chi connectivity index (χ1n) is 17.6. The van der Waals surface area contributed by atoms with Crippen molar-refractivity contribution >= 4 is 60.7 Å². The molecule has 0 nitrogen and oxygen atoms in total. The molecule has 12 rings (SSSR count). The smallest absolute Gasteiger partial charge is 0.00763 e. The summed E-state index contributed by atoms with van der Waals surface area (Å²) in [5.74, 6) is 0. The molecule has 0 radical (unpaired) electrons. The standard InChI is InChI=1S/2C13H10.2C12H8.2H2S/c2*1-4-10-6-2-8-12-9-3-7-11(5-1)13(10)12;2*1-2-6-10-9(5-1)11-7-3-4-8-12(10)11;;/h2*1-8H,9H2;2*1-8H;2*1H2. The van der Waals surface area contributed by atoms with Crippen LogP contribution in [0.15, 0.2) is 182 Å². The van der Waals surface area contributed by atoms with E-state index in [-0.39, 0.29) is 27.0 Å². The van der Waals surface area contributed by atoms with Gasteiger partial charge < -0.3 is 0 Å². The van der Waals surface area contributed by atoms with Gasteiger partial charge in [-0.05, 0) is 101 Å². The number of hydrogen-bond acceptors (Lipinski definition) is 0. The van der Waals surface area contributed by atoms with Gasteiger partial charge in [0.25, 0.3) is 0 Å². The highest BCUT2D eigenvalue weighted by Gasteiger charge is 2.20. The summed E-state index contributed by atoms with van der Waals surface area (Å²) in [6, 6.07) is 60.2. The van der Waals surface area contributed by atoms with Crippen molar-refractivity contribution in [2.24, 2.45) is 0 Å². The van der Waals surface area contributed by atoms with Crippen LogP contribution in [0.25, 0.3) is 78.2 Å². The number of benzene rings is 8. The lowest BCUT2D eigenvalue weighted by Crippen LogP contribution is -1.96. The summed E-state index contributed by atoms with van der Waals surface area (Å²) in [6.07, 6.45) is 11.1. The first kappa shape index (κ1) is 34.9. The summed E-state index contributed by atoms with van der Waals surface area (Å²) in [5.41, 5.74) is 16.8. The van der Waals surface area contributed by atoms with Crippen LogP contribution in [-0.4, -0.2) is 0 Å². The molecule has 4 aliphatic rings. The highest BCUT2D eigenvalue weighted by molar-refractivity contribution is 7.59. The first-order chi connectivity index (χ1) is 24.8. The van der Waals surface area contributed by atoms with Gasteiger partial charge in [0.15, 0.2) is 0 Å². The molecule has 0 fully saturated rings. The second kappa shape index (κ2) is 15.4. The molecular formula is C50H40S2. The first-order valence-corrected chi connectivity index (χ1v) is 17.6. The van der Waals surface area contributed by atoms with Gasteiger partial charge in [-0.25, -0.2) is 0 Å². The molecule has 0 unspecified atom stereocenters. The van der Waals surface area contributed by atoms with Gasteiger partial charge in [-0.1, -0.05) is 194 Å². The van der Waals surface area contributed by atoms with Gasteiger partial charge in [0.05, 0.1) is 0 Å². The zero-order chi connectivity index (χ0) is 33.3. The molecule has 0 saturated carbocycles. The molecule has 0 atom stereocenters. The Bertz CT molecular complexity index is 2220. The van der Waals surface area contributed by atoms with E-state index in [1.165, 1.54) is 88.3 Å². The van der Waals surface area contributed by atoms with Crippen molar-refractivity contribution < 1.29 is 0 Å². The molecule has 0 aliphatic heterocycles. The lowest BCUT2D eigenvalue weighted by molar-refractivity contribution is 1.29. The largest absolute Gasteiger partial charge is 0.197 e. The summed E-state index contributed by atoms with van der Waals surface area (Å²) in [7, 11) is 0. The predicted octanol–water partition coefficient (Wildman–Crippen LogP) is 13.7. The Hall–Kier alpha value is -5.54. The molecule has 0 aromatic heterocycles. The molecule has 0 saturated heterocycles. The normalized spacial score (nSPS) is 12.0. The Balaban J connectivity index is 0.000000107. The van der Waals surface area contributed by atoms with Gasteiger partial charge in [-0.2, -0.15) is 27.0 Å². The molecule has 0 N–H and O–H groups in total. The van der Waals surface area contributed by atoms with Crippen molar-refractivity contribution in [2.75, 3.05) is 0 Å². The fraction of sp³-hybridized carbons (Fsp3) is 0.0400. The second-order valence-corrected chi connectivity index (χ2v) is 13.1. The Kier molecular flexibility index (Phi) is 10.3. The molecule has 8 aromatic rings. The van der Waals surface area contributed by atoms with Gasteiger partial charge in [0.1, 0.15) is 0 Å². The number of rotatable bonds is 0. The van der Waals surface area contributed by atoms with E-state index in [1.807, 2.05) is 0 Å². The van der Waals surface area contributed by atoms with Crippen LogP contribution in [0.3, 0.4) is 0 Å². The van der Waals surface area contributed by atoms with E-state index in [1.54, 1.807) is 0 Å². The number of hydrogen-bond donors (Lipinski definition) is 0. The van der Waals surface area contributed by atoms with Crippen LogP contribution < -0.4 is 0 Å². The van der Waals surface area contributed by atoms with Gasteiger partial charge >= 0.3 is 0 Å². The van der Waals surface area contributed by atoms with Crippen molar-refractivity contribution in [2.45, 2.75) is 12.8 Å². The Morgan fingerprint density at radius 1 is 0.269 bits per heavy atom. The second-order valence-electron chi connectivity index (χ2n) is 13.1. The molecular weight excluding hydrogens is 665 g/mol. The zero-order valence-electron chi connectivity index (χ0n) is 28.9. The van der Waals surface area contributed by atoms with E-state index < -0.39 is 0 Å². The van der Waals surface area contributed by atoms with E-state index in [0.29, 0.717) is 0 Å². The van der Waals surface area contributed by atoms with Gasteiger partial charge in [-0.15, -0.1) is 0 Å². The van der Waals surface area contributed by atoms with E-state index in [2.05, 4.69) is 194 Å². The predicted molar refractivity (Wildman–Crippen MR) is 236 cm³/mol. The monoisotopic (exact) mass is 704 g/mol. The lowest BCUT2D eigenvalue weighted by Gasteiger charge is -2.22. The number of allylic oxidation sites excluding steroid dienone is 2. The lowest BCUT2D eigenvalue weighted by atomic mass is 9.81. The summed E-state index contributed by atoms with van der Waals surface area (Å²) >= 11 is 0. The van der Waals surface area contributed by atoms with Crippen LogP contribution in [0.5, 0.6) is 0 Å². The Labute approximate surface area is 320 Å². The van der Waals surface area contributed by atoms with Crippen molar-refractivity contribution in [3.63, 3.8) is 0 Å². The molecule has 52 heavy (non-hydrogen) atoms. The fourth-order valence-electron chi connectivity index (χ4n) is 7.83. The van der Waals surface area contributed by atoms with E-state index >= 15 is 0 Å². The molecule has 0 heterocycles. The molecule has 252 valence electrons. The summed E-state index contributed by atoms with van der Waals surface area (Å²) in [4.78, 5) is 0. The van der Waals surface area contributed by atoms with Gasteiger partial charge in [-0.3, -0.25) is 0 Å². The van der Waals surface area contributed by atoms with Crippen LogP contribution >= 0.6 is 27.0 Å². The van der Waals surface area contributed by atoms with Crippen LogP contribution in [-0.2, 0) is 12.8 Å². The maximum atomic E-state index is 2.23. The van der Waals surface area contributed by atoms with Crippen LogP contribution in [0.1, 0.15) is 22.3 Å². The number of fused-ring (bicyclic) bond motifs is 8. The SMILES string of the molecule is C1=Cc2cccc3cccc(c23)C1.C1=Cc2cccc3cccc(c23)C1.S.S.c1ccc2c(c1)-c1ccccc1-2.c1ccc2c(c1)-c1ccccc1-2. The van der Waals surface area contributed by atoms with Crippen molar-refractivity contribution in [3.8, 4) is 44.5 Å². The highest BCUT2D eigenvalue weighted by Crippen LogP contribution is 2.47. The Morgan fingerprint density at radius 2 is 0.538 bits per heavy atom. The molecule has 2 heteroatoms. The van der Waals surface area contributed by atoms with Gasteiger partial charge in [0.2, 0.25) is 0 Å². The van der Waals surface area contributed by atoms with E-state index in [4.69, 9.17) is 0 Å². The van der Waals surface area contributed by atoms with E-state index in [0.717, 1.165) is 12.8 Å². The minimum Gasteiger partial charge on any atom is -0.197 e. The molecule has 8 aromatic carbocycles. The van der Waals surface area contributed by atoms with Crippen molar-refractivity contribution in [1.82, 2.24) is 0 Å². The van der Waals surface area contributed by atoms with E-state index in [9.17, 15) is 0 Å². The topological polar surface area (TPSA) is 0 Å². The third-order valence-corrected chi connectivity index (χ3v) is 10.2. The Morgan fingerprint density at radius 3 is 0.827 bits per heavy atom. The molecule has 0 bridgehead atoms. The molecule has 0 amide bonds. The van der Waals surface area contributed by atoms with Crippen molar-refractivity contribution in [1.29, 1.82) is 0 Å². The average Bonchev–Trinajstić information content (AvgIpc) is 3.18. The molecule has 4 aliphatic carbocycles. The quantitative estimate of drug-likeness (QED) is 0.147.